The fourth-order valence-corrected chi connectivity index (χ4v) is 2.69. The molecule has 1 aromatic rings. The van der Waals surface area contributed by atoms with Gasteiger partial charge in [-0.05, 0) is 39.2 Å². The zero-order chi connectivity index (χ0) is 12.4. The lowest BCUT2D eigenvalue weighted by Gasteiger charge is -2.38. The molecule has 0 amide bonds. The first-order valence-electron chi connectivity index (χ1n) is 6.56. The maximum absolute atomic E-state index is 6.03. The quantitative estimate of drug-likeness (QED) is 0.866. The van der Waals surface area contributed by atoms with Gasteiger partial charge in [-0.2, -0.15) is 5.10 Å². The van der Waals surface area contributed by atoms with Crippen molar-refractivity contribution in [2.24, 2.45) is 18.7 Å². The Morgan fingerprint density at radius 2 is 2.24 bits per heavy atom. The van der Waals surface area contributed by atoms with Crippen molar-refractivity contribution in [1.29, 1.82) is 0 Å². The second-order valence-corrected chi connectivity index (χ2v) is 5.38. The van der Waals surface area contributed by atoms with Gasteiger partial charge in [0.05, 0.1) is 6.20 Å². The van der Waals surface area contributed by atoms with Crippen LogP contribution in [0.3, 0.4) is 0 Å². The summed E-state index contributed by atoms with van der Waals surface area (Å²) in [5.74, 6) is 0.642. The summed E-state index contributed by atoms with van der Waals surface area (Å²) in [7, 11) is 1.97. The maximum atomic E-state index is 6.03. The minimum Gasteiger partial charge on any atom is -0.328 e. The van der Waals surface area contributed by atoms with Crippen LogP contribution in [0, 0.1) is 5.92 Å². The molecule has 0 spiro atoms. The summed E-state index contributed by atoms with van der Waals surface area (Å²) in [4.78, 5) is 2.54. The van der Waals surface area contributed by atoms with Gasteiger partial charge in [-0.15, -0.1) is 0 Å². The Labute approximate surface area is 104 Å². The van der Waals surface area contributed by atoms with E-state index in [1.807, 2.05) is 17.9 Å². The van der Waals surface area contributed by atoms with Gasteiger partial charge in [0.15, 0.2) is 0 Å². The maximum Gasteiger partial charge on any atom is 0.0537 e. The number of hydrogen-bond donors (Lipinski definition) is 1. The van der Waals surface area contributed by atoms with Gasteiger partial charge in [-0.3, -0.25) is 9.58 Å². The Morgan fingerprint density at radius 1 is 1.47 bits per heavy atom. The van der Waals surface area contributed by atoms with E-state index in [9.17, 15) is 0 Å². The molecule has 2 N–H and O–H groups in total. The third kappa shape index (κ3) is 2.87. The Balaban J connectivity index is 2.02. The van der Waals surface area contributed by atoms with Crippen LogP contribution in [0.25, 0.3) is 0 Å². The highest BCUT2D eigenvalue weighted by Crippen LogP contribution is 2.27. The van der Waals surface area contributed by atoms with Crippen molar-refractivity contribution in [2.75, 3.05) is 13.1 Å². The lowest BCUT2D eigenvalue weighted by molar-refractivity contribution is 0.121. The van der Waals surface area contributed by atoms with Gasteiger partial charge in [0.2, 0.25) is 0 Å². The van der Waals surface area contributed by atoms with Crippen molar-refractivity contribution in [1.82, 2.24) is 14.7 Å². The Morgan fingerprint density at radius 3 is 2.82 bits per heavy atom. The van der Waals surface area contributed by atoms with Crippen molar-refractivity contribution in [3.8, 4) is 0 Å². The highest BCUT2D eigenvalue weighted by atomic mass is 15.2. The molecule has 1 aromatic heterocycles. The van der Waals surface area contributed by atoms with E-state index in [4.69, 9.17) is 5.73 Å². The molecule has 1 aliphatic rings. The summed E-state index contributed by atoms with van der Waals surface area (Å²) >= 11 is 0. The van der Waals surface area contributed by atoms with Gasteiger partial charge in [0.1, 0.15) is 0 Å². The van der Waals surface area contributed by atoms with Crippen LogP contribution in [0.4, 0.5) is 0 Å². The molecule has 0 aliphatic carbocycles. The van der Waals surface area contributed by atoms with E-state index in [1.54, 1.807) is 0 Å². The molecule has 1 saturated heterocycles. The zero-order valence-corrected chi connectivity index (χ0v) is 11.1. The van der Waals surface area contributed by atoms with Crippen LogP contribution >= 0.6 is 0 Å². The van der Waals surface area contributed by atoms with Crippen LogP contribution in [-0.2, 0) is 7.05 Å². The molecule has 2 rings (SSSR count). The molecule has 1 aliphatic heterocycles. The van der Waals surface area contributed by atoms with Gasteiger partial charge >= 0.3 is 0 Å². The molecule has 4 heteroatoms. The standard InChI is InChI=1S/C13H24N4/c1-10(14)12-5-4-6-17(9-12)11(2)13-7-15-16(3)8-13/h7-8,10-12H,4-6,9,14H2,1-3H3. The predicted molar refractivity (Wildman–Crippen MR) is 69.6 cm³/mol. The monoisotopic (exact) mass is 236 g/mol. The van der Waals surface area contributed by atoms with E-state index >= 15 is 0 Å². The predicted octanol–water partition coefficient (Wildman–Crippen LogP) is 1.54. The molecule has 2 heterocycles. The fraction of sp³-hybridized carbons (Fsp3) is 0.769. The molecular weight excluding hydrogens is 212 g/mol. The number of aryl methyl sites for hydroxylation is 1. The van der Waals surface area contributed by atoms with Crippen LogP contribution in [0.15, 0.2) is 12.4 Å². The van der Waals surface area contributed by atoms with Crippen molar-refractivity contribution < 1.29 is 0 Å². The van der Waals surface area contributed by atoms with Gasteiger partial charge in [-0.25, -0.2) is 0 Å². The van der Waals surface area contributed by atoms with E-state index in [-0.39, 0.29) is 0 Å². The smallest absolute Gasteiger partial charge is 0.0537 e. The first-order valence-corrected chi connectivity index (χ1v) is 6.56. The number of hydrogen-bond acceptors (Lipinski definition) is 3. The van der Waals surface area contributed by atoms with Crippen LogP contribution in [0.2, 0.25) is 0 Å². The third-order valence-corrected chi connectivity index (χ3v) is 3.99. The summed E-state index contributed by atoms with van der Waals surface area (Å²) in [6.07, 6.45) is 6.62. The Hall–Kier alpha value is -0.870. The number of piperidine rings is 1. The van der Waals surface area contributed by atoms with Crippen LogP contribution in [0.5, 0.6) is 0 Å². The highest BCUT2D eigenvalue weighted by molar-refractivity contribution is 5.09. The van der Waals surface area contributed by atoms with Crippen molar-refractivity contribution >= 4 is 0 Å². The second kappa shape index (κ2) is 5.19. The topological polar surface area (TPSA) is 47.1 Å². The summed E-state index contributed by atoms with van der Waals surface area (Å²) in [5, 5.41) is 4.25. The van der Waals surface area contributed by atoms with Crippen molar-refractivity contribution in [3.05, 3.63) is 18.0 Å². The van der Waals surface area contributed by atoms with E-state index in [1.165, 1.54) is 24.9 Å². The minimum atomic E-state index is 0.305. The van der Waals surface area contributed by atoms with Gasteiger partial charge in [0.25, 0.3) is 0 Å². The molecule has 3 atom stereocenters. The summed E-state index contributed by atoms with van der Waals surface area (Å²) < 4.78 is 1.87. The van der Waals surface area contributed by atoms with E-state index in [0.29, 0.717) is 18.0 Å². The number of nitrogens with zero attached hydrogens (tertiary/aromatic N) is 3. The number of likely N-dealkylation sites (tertiary alicyclic amines) is 1. The average molecular weight is 236 g/mol. The first kappa shape index (κ1) is 12.6. The van der Waals surface area contributed by atoms with Gasteiger partial charge in [0, 0.05) is 37.4 Å². The Kier molecular flexibility index (Phi) is 3.84. The normalized spacial score (nSPS) is 25.8. The van der Waals surface area contributed by atoms with Crippen LogP contribution < -0.4 is 5.73 Å². The molecule has 0 aromatic carbocycles. The second-order valence-electron chi connectivity index (χ2n) is 5.38. The lowest BCUT2D eigenvalue weighted by Crippen LogP contribution is -2.43. The number of nitrogens with two attached hydrogens (primary N) is 1. The summed E-state index contributed by atoms with van der Waals surface area (Å²) in [5.41, 5.74) is 7.33. The fourth-order valence-electron chi connectivity index (χ4n) is 2.69. The summed E-state index contributed by atoms with van der Waals surface area (Å²) in [6, 6.07) is 0.754. The Bertz CT molecular complexity index is 358. The number of rotatable bonds is 3. The highest BCUT2D eigenvalue weighted by Gasteiger charge is 2.26. The van der Waals surface area contributed by atoms with Crippen LogP contribution in [0.1, 0.15) is 38.3 Å². The molecule has 3 unspecified atom stereocenters. The molecule has 96 valence electrons. The van der Waals surface area contributed by atoms with Gasteiger partial charge in [-0.1, -0.05) is 0 Å². The molecule has 0 bridgehead atoms. The SMILES string of the molecule is CC(N)C1CCCN(C(C)c2cnn(C)c2)C1. The van der Waals surface area contributed by atoms with Crippen molar-refractivity contribution in [2.45, 2.75) is 38.8 Å². The molecule has 0 saturated carbocycles. The largest absolute Gasteiger partial charge is 0.328 e. The molecule has 0 radical (unpaired) electrons. The van der Waals surface area contributed by atoms with Gasteiger partial charge < -0.3 is 5.73 Å². The minimum absolute atomic E-state index is 0.305. The molecular formula is C13H24N4. The lowest BCUT2D eigenvalue weighted by atomic mass is 9.91. The molecule has 4 nitrogen and oxygen atoms in total. The molecule has 1 fully saturated rings. The average Bonchev–Trinajstić information content (AvgIpc) is 2.75. The summed E-state index contributed by atoms with van der Waals surface area (Å²) in [6.45, 7) is 6.69. The van der Waals surface area contributed by atoms with E-state index < -0.39 is 0 Å². The first-order chi connectivity index (χ1) is 8.08. The number of aromatic nitrogens is 2. The van der Waals surface area contributed by atoms with E-state index in [0.717, 1.165) is 6.54 Å². The van der Waals surface area contributed by atoms with Crippen LogP contribution in [-0.4, -0.2) is 33.8 Å². The third-order valence-electron chi connectivity index (χ3n) is 3.99. The van der Waals surface area contributed by atoms with E-state index in [2.05, 4.69) is 30.0 Å². The molecule has 17 heavy (non-hydrogen) atoms. The van der Waals surface area contributed by atoms with Crippen molar-refractivity contribution in [3.63, 3.8) is 0 Å². The zero-order valence-electron chi connectivity index (χ0n) is 11.1.